The molecule has 0 radical (unpaired) electrons. The highest BCUT2D eigenvalue weighted by molar-refractivity contribution is 7.66. The van der Waals surface area contributed by atoms with E-state index in [1.54, 1.807) is 0 Å². The van der Waals surface area contributed by atoms with Gasteiger partial charge in [0.25, 0.3) is 0 Å². The Balaban J connectivity index is 2.26. The Morgan fingerprint density at radius 3 is 2.43 bits per heavy atom. The lowest BCUT2D eigenvalue weighted by atomic mass is 10.6. The van der Waals surface area contributed by atoms with Crippen molar-refractivity contribution in [1.29, 1.82) is 0 Å². The van der Waals surface area contributed by atoms with Gasteiger partial charge in [0.2, 0.25) is 0 Å². The summed E-state index contributed by atoms with van der Waals surface area (Å²) in [6.07, 6.45) is 3.41. The third kappa shape index (κ3) is 4.88. The van der Waals surface area contributed by atoms with Crippen LogP contribution in [0.1, 0.15) is 0 Å². The van der Waals surface area contributed by atoms with Crippen molar-refractivity contribution in [3.05, 3.63) is 18.9 Å². The van der Waals surface area contributed by atoms with Crippen LogP contribution in [0.25, 0.3) is 11.2 Å². The first-order chi connectivity index (χ1) is 10.5. The Labute approximate surface area is 127 Å². The predicted molar refractivity (Wildman–Crippen MR) is 70.6 cm³/mol. The lowest BCUT2D eigenvalue weighted by Gasteiger charge is -2.18. The molecule has 2 heterocycles. The van der Waals surface area contributed by atoms with Crippen LogP contribution in [0.4, 0.5) is 0 Å². The molecule has 2 aromatic heterocycles. The number of rotatable bonds is 7. The summed E-state index contributed by atoms with van der Waals surface area (Å²) in [7, 11) is -14.9. The van der Waals surface area contributed by atoms with E-state index >= 15 is 0 Å². The Hall–Kier alpha value is -1.20. The van der Waals surface area contributed by atoms with Crippen molar-refractivity contribution in [3.8, 4) is 0 Å². The number of phosphoric acid groups is 3. The normalized spacial score (nSPS) is 17.6. The summed E-state index contributed by atoms with van der Waals surface area (Å²) in [5.74, 6) is 0. The Morgan fingerprint density at radius 1 is 1.13 bits per heavy atom. The van der Waals surface area contributed by atoms with E-state index in [1.807, 2.05) is 0 Å². The SMILES string of the molecule is COP(=O)(On1cnc2cncnc21)OP(=O)(O)OP(=O)(O)O. The van der Waals surface area contributed by atoms with Crippen molar-refractivity contribution in [1.82, 2.24) is 19.7 Å². The molecule has 0 spiro atoms. The first-order valence-corrected chi connectivity index (χ1v) is 9.82. The van der Waals surface area contributed by atoms with E-state index < -0.39 is 23.5 Å². The molecule has 0 aliphatic carbocycles. The molecule has 3 N–H and O–H groups in total. The molecular weight excluding hydrogens is 381 g/mol. The van der Waals surface area contributed by atoms with Crippen LogP contribution in [0.3, 0.4) is 0 Å². The highest BCUT2D eigenvalue weighted by Gasteiger charge is 2.43. The average molecular weight is 390 g/mol. The molecule has 23 heavy (non-hydrogen) atoms. The van der Waals surface area contributed by atoms with E-state index in [9.17, 15) is 18.6 Å². The van der Waals surface area contributed by atoms with Gasteiger partial charge in [0, 0.05) is 7.11 Å². The maximum atomic E-state index is 12.2. The van der Waals surface area contributed by atoms with Crippen LogP contribution in [-0.4, -0.2) is 41.5 Å². The first-order valence-electron chi connectivity index (χ1n) is 5.33. The quantitative estimate of drug-likeness (QED) is 0.545. The van der Waals surface area contributed by atoms with Crippen LogP contribution in [0.5, 0.6) is 0 Å². The van der Waals surface area contributed by atoms with E-state index in [-0.39, 0.29) is 11.2 Å². The van der Waals surface area contributed by atoms with Gasteiger partial charge in [-0.25, -0.2) is 28.6 Å². The molecule has 0 amide bonds. The van der Waals surface area contributed by atoms with Crippen LogP contribution in [0, 0.1) is 0 Å². The molecule has 0 aromatic carbocycles. The van der Waals surface area contributed by atoms with E-state index in [1.165, 1.54) is 6.20 Å². The fourth-order valence-corrected chi connectivity index (χ4v) is 4.53. The summed E-state index contributed by atoms with van der Waals surface area (Å²) in [6.45, 7) is 0. The Bertz CT molecular complexity index is 846. The summed E-state index contributed by atoms with van der Waals surface area (Å²) in [4.78, 5) is 37.4. The number of hydrogen-bond acceptors (Lipinski definition) is 10. The van der Waals surface area contributed by atoms with Crippen LogP contribution in [-0.2, 0) is 26.8 Å². The zero-order valence-electron chi connectivity index (χ0n) is 11.1. The predicted octanol–water partition coefficient (Wildman–Crippen LogP) is 0.236. The average Bonchev–Trinajstić information content (AvgIpc) is 2.78. The number of fused-ring (bicyclic) bond motifs is 1. The van der Waals surface area contributed by atoms with Gasteiger partial charge < -0.3 is 19.3 Å². The number of imidazole rings is 1. The molecule has 0 fully saturated rings. The topological polar surface area (TPSA) is 192 Å². The molecule has 0 saturated heterocycles. The molecule has 2 aromatic rings. The van der Waals surface area contributed by atoms with Crippen molar-refractivity contribution >= 4 is 34.6 Å². The van der Waals surface area contributed by atoms with Crippen LogP contribution in [0.2, 0.25) is 0 Å². The second-order valence-corrected chi connectivity index (χ2v) is 8.28. The lowest BCUT2D eigenvalue weighted by molar-refractivity contribution is 0.147. The van der Waals surface area contributed by atoms with Crippen LogP contribution in [0.15, 0.2) is 18.9 Å². The van der Waals surface area contributed by atoms with Crippen LogP contribution >= 0.6 is 23.5 Å². The second kappa shape index (κ2) is 6.36. The summed E-state index contributed by atoms with van der Waals surface area (Å²) >= 11 is 0. The van der Waals surface area contributed by atoms with Gasteiger partial charge in [-0.15, -0.1) is 4.73 Å². The number of aromatic nitrogens is 4. The minimum absolute atomic E-state index is 0.0181. The molecule has 0 aliphatic heterocycles. The molecular formula is C6H9N4O10P3. The zero-order chi connectivity index (χ0) is 17.3. The van der Waals surface area contributed by atoms with Gasteiger partial charge in [0.15, 0.2) is 5.65 Å². The van der Waals surface area contributed by atoms with E-state index in [0.717, 1.165) is 19.8 Å². The fraction of sp³-hybridized carbons (Fsp3) is 0.167. The maximum Gasteiger partial charge on any atom is 0.557 e. The molecule has 2 unspecified atom stereocenters. The first kappa shape index (κ1) is 18.1. The van der Waals surface area contributed by atoms with Gasteiger partial charge in [0.1, 0.15) is 18.2 Å². The standard InChI is InChI=1S/C6H9N4O10P3/c1-17-23(16,20-22(14,15)19-21(11,12)13)18-10-4-9-5-2-7-3-8-6(5)10/h2-4H,1H3,(H,14,15)(H2,11,12,13). The van der Waals surface area contributed by atoms with Gasteiger partial charge in [-0.1, -0.05) is 0 Å². The summed E-state index contributed by atoms with van der Waals surface area (Å²) in [5.41, 5.74) is 0.248. The highest BCUT2D eigenvalue weighted by atomic mass is 31.3. The number of nitrogens with zero attached hydrogens (tertiary/aromatic N) is 4. The van der Waals surface area contributed by atoms with E-state index in [0.29, 0.717) is 4.73 Å². The van der Waals surface area contributed by atoms with Gasteiger partial charge >= 0.3 is 23.5 Å². The maximum absolute atomic E-state index is 12.2. The molecule has 2 rings (SSSR count). The molecule has 17 heteroatoms. The minimum atomic E-state index is -5.47. The summed E-state index contributed by atoms with van der Waals surface area (Å²) < 4.78 is 51.6. The van der Waals surface area contributed by atoms with Gasteiger partial charge in [-0.05, 0) is 0 Å². The van der Waals surface area contributed by atoms with Gasteiger partial charge in [-0.3, -0.25) is 4.52 Å². The Morgan fingerprint density at radius 2 is 1.83 bits per heavy atom. The second-order valence-electron chi connectivity index (χ2n) is 3.64. The zero-order valence-corrected chi connectivity index (χ0v) is 13.7. The third-order valence-electron chi connectivity index (χ3n) is 2.01. The smallest absolute Gasteiger partial charge is 0.308 e. The Kier molecular flexibility index (Phi) is 5.02. The van der Waals surface area contributed by atoms with Crippen molar-refractivity contribution in [2.24, 2.45) is 0 Å². The van der Waals surface area contributed by atoms with Crippen molar-refractivity contribution in [2.75, 3.05) is 7.11 Å². The van der Waals surface area contributed by atoms with Gasteiger partial charge in [-0.2, -0.15) is 8.62 Å². The summed E-state index contributed by atoms with van der Waals surface area (Å²) in [5, 5.41) is 0. The van der Waals surface area contributed by atoms with E-state index in [4.69, 9.17) is 14.4 Å². The molecule has 2 atom stereocenters. The monoisotopic (exact) mass is 390 g/mol. The lowest BCUT2D eigenvalue weighted by Crippen LogP contribution is -2.11. The molecule has 0 bridgehead atoms. The largest absolute Gasteiger partial charge is 0.557 e. The molecule has 0 saturated carbocycles. The summed E-state index contributed by atoms with van der Waals surface area (Å²) in [6, 6.07) is 0. The highest BCUT2D eigenvalue weighted by Crippen LogP contribution is 2.66. The fourth-order valence-electron chi connectivity index (χ4n) is 1.27. The van der Waals surface area contributed by atoms with Crippen LogP contribution < -0.4 is 4.62 Å². The number of hydrogen-bond donors (Lipinski definition) is 3. The van der Waals surface area contributed by atoms with Crippen molar-refractivity contribution in [2.45, 2.75) is 0 Å². The minimum Gasteiger partial charge on any atom is -0.308 e. The van der Waals surface area contributed by atoms with Crippen molar-refractivity contribution in [3.63, 3.8) is 0 Å². The molecule has 0 aliphatic rings. The van der Waals surface area contributed by atoms with E-state index in [2.05, 4.69) is 28.1 Å². The van der Waals surface area contributed by atoms with Gasteiger partial charge in [0.05, 0.1) is 6.20 Å². The molecule has 128 valence electrons. The molecule has 14 nitrogen and oxygen atoms in total. The van der Waals surface area contributed by atoms with Crippen molar-refractivity contribution < 1.29 is 46.1 Å². The third-order valence-corrected chi connectivity index (χ3v) is 6.13.